The van der Waals surface area contributed by atoms with Gasteiger partial charge in [-0.1, -0.05) is 52.4 Å². The summed E-state index contributed by atoms with van der Waals surface area (Å²) in [6.07, 6.45) is 1.55. The van der Waals surface area contributed by atoms with E-state index in [9.17, 15) is 14.9 Å². The molecular weight excluding hydrogens is 619 g/mol. The van der Waals surface area contributed by atoms with Gasteiger partial charge in [-0.15, -0.1) is 10.2 Å². The van der Waals surface area contributed by atoms with Gasteiger partial charge in [0.1, 0.15) is 17.3 Å². The number of carbonyl (C=O) groups excluding carboxylic acids is 2. The Balaban J connectivity index is 1.40. The van der Waals surface area contributed by atoms with Gasteiger partial charge in [0, 0.05) is 23.8 Å². The van der Waals surface area contributed by atoms with E-state index in [1.165, 1.54) is 30.2 Å². The Morgan fingerprint density at radius 3 is 2.71 bits per heavy atom. The monoisotopic (exact) mass is 642 g/mol. The molecule has 0 spiro atoms. The van der Waals surface area contributed by atoms with Crippen molar-refractivity contribution in [3.05, 3.63) is 74.7 Å². The van der Waals surface area contributed by atoms with Crippen LogP contribution in [0.25, 0.3) is 0 Å². The summed E-state index contributed by atoms with van der Waals surface area (Å²) in [6.45, 7) is 0. The summed E-state index contributed by atoms with van der Waals surface area (Å²) in [6, 6.07) is 12.4. The zero-order valence-electron chi connectivity index (χ0n) is 22.4. The highest BCUT2D eigenvalue weighted by Gasteiger charge is 2.41. The molecule has 0 saturated carbocycles. The molecule has 1 atom stereocenters. The van der Waals surface area contributed by atoms with Crippen molar-refractivity contribution < 1.29 is 19.1 Å². The molecule has 10 nitrogen and oxygen atoms in total. The third-order valence-electron chi connectivity index (χ3n) is 6.79. The second-order valence-electron chi connectivity index (χ2n) is 9.24. The van der Waals surface area contributed by atoms with Crippen LogP contribution in [0.3, 0.4) is 0 Å². The van der Waals surface area contributed by atoms with Gasteiger partial charge in [0.15, 0.2) is 10.1 Å². The van der Waals surface area contributed by atoms with Crippen molar-refractivity contribution in [3.63, 3.8) is 0 Å². The smallest absolute Gasteiger partial charge is 0.234 e. The van der Waals surface area contributed by atoms with Crippen molar-refractivity contribution in [2.24, 2.45) is 5.73 Å². The average molecular weight is 644 g/mol. The van der Waals surface area contributed by atoms with Gasteiger partial charge in [-0.3, -0.25) is 14.5 Å². The maximum absolute atomic E-state index is 13.3. The van der Waals surface area contributed by atoms with Gasteiger partial charge < -0.3 is 20.5 Å². The molecule has 42 heavy (non-hydrogen) atoms. The predicted octanol–water partition coefficient (Wildman–Crippen LogP) is 5.90. The summed E-state index contributed by atoms with van der Waals surface area (Å²) in [5, 5.41) is 22.6. The third-order valence-corrected chi connectivity index (χ3v) is 9.57. The number of thioether (sulfide) groups is 1. The molecule has 1 unspecified atom stereocenters. The number of methoxy groups -OCH3 is 2. The van der Waals surface area contributed by atoms with E-state index >= 15 is 0 Å². The molecule has 0 radical (unpaired) electrons. The van der Waals surface area contributed by atoms with Gasteiger partial charge >= 0.3 is 0 Å². The number of anilines is 2. The van der Waals surface area contributed by atoms with Crippen LogP contribution in [0.5, 0.6) is 11.5 Å². The lowest BCUT2D eigenvalue weighted by atomic mass is 9.76. The molecule has 3 N–H and O–H groups in total. The minimum Gasteiger partial charge on any atom is -0.497 e. The second-order valence-corrected chi connectivity index (χ2v) is 12.2. The molecule has 5 rings (SSSR count). The largest absolute Gasteiger partial charge is 0.497 e. The highest BCUT2D eigenvalue weighted by Crippen LogP contribution is 2.47. The van der Waals surface area contributed by atoms with Crippen LogP contribution in [0.1, 0.15) is 30.7 Å². The fourth-order valence-electron chi connectivity index (χ4n) is 4.90. The Bertz CT molecular complexity index is 1680. The molecule has 216 valence electrons. The number of ketones is 1. The lowest BCUT2D eigenvalue weighted by molar-refractivity contribution is -0.116. The topological polar surface area (TPSA) is 143 Å². The molecule has 0 fully saturated rings. The number of amides is 1. The zero-order valence-corrected chi connectivity index (χ0v) is 25.6. The number of nitrogens with two attached hydrogens (primary N) is 1. The van der Waals surface area contributed by atoms with Crippen LogP contribution in [0.15, 0.2) is 63.4 Å². The fourth-order valence-corrected chi connectivity index (χ4v) is 6.88. The molecule has 1 aromatic heterocycles. The molecule has 0 bridgehead atoms. The van der Waals surface area contributed by atoms with Crippen molar-refractivity contribution in [2.45, 2.75) is 29.5 Å². The predicted molar refractivity (Wildman–Crippen MR) is 163 cm³/mol. The van der Waals surface area contributed by atoms with Crippen molar-refractivity contribution >= 4 is 68.8 Å². The molecule has 1 aliphatic heterocycles. The first kappa shape index (κ1) is 29.7. The molecule has 2 aromatic carbocycles. The van der Waals surface area contributed by atoms with Crippen molar-refractivity contribution in [1.29, 1.82) is 5.26 Å². The highest BCUT2D eigenvalue weighted by molar-refractivity contribution is 8.01. The molecule has 14 heteroatoms. The van der Waals surface area contributed by atoms with Gasteiger partial charge in [-0.25, -0.2) is 0 Å². The van der Waals surface area contributed by atoms with Gasteiger partial charge in [0.2, 0.25) is 11.0 Å². The summed E-state index contributed by atoms with van der Waals surface area (Å²) >= 11 is 14.8. The van der Waals surface area contributed by atoms with E-state index in [4.69, 9.17) is 38.4 Å². The first-order valence-corrected chi connectivity index (χ1v) is 15.2. The minimum atomic E-state index is -0.677. The summed E-state index contributed by atoms with van der Waals surface area (Å²) < 4.78 is 11.1. The maximum atomic E-state index is 13.3. The second kappa shape index (κ2) is 12.6. The fraction of sp³-hybridized carbons (Fsp3) is 0.250. The molecule has 1 amide bonds. The number of nitrogens with one attached hydrogen (secondary N) is 1. The summed E-state index contributed by atoms with van der Waals surface area (Å²) in [7, 11) is 3.06. The number of nitrogens with zero attached hydrogens (tertiary/aromatic N) is 4. The Morgan fingerprint density at radius 2 is 2.00 bits per heavy atom. The summed E-state index contributed by atoms with van der Waals surface area (Å²) in [4.78, 5) is 27.6. The lowest BCUT2D eigenvalue weighted by Crippen LogP contribution is -2.38. The average Bonchev–Trinajstić information content (AvgIpc) is 3.45. The number of hydrogen-bond donors (Lipinski definition) is 2. The lowest BCUT2D eigenvalue weighted by Gasteiger charge is -2.38. The minimum absolute atomic E-state index is 0.0599. The number of allylic oxidation sites excluding steroid dienone is 3. The van der Waals surface area contributed by atoms with E-state index in [0.29, 0.717) is 72.8 Å². The van der Waals surface area contributed by atoms with Gasteiger partial charge in [-0.2, -0.15) is 5.26 Å². The van der Waals surface area contributed by atoms with Gasteiger partial charge in [0.25, 0.3) is 0 Å². The zero-order chi connectivity index (χ0) is 30.0. The maximum Gasteiger partial charge on any atom is 0.234 e. The quantitative estimate of drug-likeness (QED) is 0.285. The van der Waals surface area contributed by atoms with Gasteiger partial charge in [-0.05, 0) is 42.7 Å². The highest BCUT2D eigenvalue weighted by atomic mass is 35.5. The Labute approximate surface area is 260 Å². The van der Waals surface area contributed by atoms with Crippen molar-refractivity contribution in [2.75, 3.05) is 30.2 Å². The van der Waals surface area contributed by atoms with E-state index < -0.39 is 5.92 Å². The van der Waals surface area contributed by atoms with E-state index in [0.717, 1.165) is 0 Å². The Hall–Kier alpha value is -3.76. The van der Waals surface area contributed by atoms with Crippen LogP contribution in [0.4, 0.5) is 10.8 Å². The third kappa shape index (κ3) is 5.78. The SMILES string of the molecule is COc1ccc(NC(=O)CSc2nnc(N3C(N)=C(C#N)C(c4ccc(Cl)c(Cl)c4)C4=C3CCCC4=O)s2)c(OC)c1. The van der Waals surface area contributed by atoms with Crippen LogP contribution in [0.2, 0.25) is 10.0 Å². The molecule has 0 saturated heterocycles. The molecule has 2 heterocycles. The van der Waals surface area contributed by atoms with Crippen LogP contribution in [-0.4, -0.2) is 41.9 Å². The number of ether oxygens (including phenoxy) is 2. The Morgan fingerprint density at radius 1 is 1.19 bits per heavy atom. The van der Waals surface area contributed by atoms with E-state index in [1.54, 1.807) is 48.4 Å². The number of carbonyl (C=O) groups is 2. The standard InChI is InChI=1S/C28H24Cl2N6O4S2/c1-39-15-7-9-19(22(11-15)40-2)33-23(38)13-41-28-35-34-27(42-28)36-20-4-3-5-21(37)25(20)24(16(12-31)26(36)32)14-6-8-17(29)18(30)10-14/h6-11,24H,3-5,13,32H2,1-2H3,(H,33,38). The van der Waals surface area contributed by atoms with Crippen LogP contribution in [-0.2, 0) is 9.59 Å². The number of rotatable bonds is 8. The number of hydrogen-bond acceptors (Lipinski definition) is 11. The summed E-state index contributed by atoms with van der Waals surface area (Å²) in [5.74, 6) is 0.288. The number of benzene rings is 2. The molecule has 3 aromatic rings. The number of aromatic nitrogens is 2. The van der Waals surface area contributed by atoms with Crippen molar-refractivity contribution in [3.8, 4) is 17.6 Å². The van der Waals surface area contributed by atoms with Crippen LogP contribution in [0, 0.1) is 11.3 Å². The van der Waals surface area contributed by atoms with Crippen LogP contribution < -0.4 is 25.4 Å². The van der Waals surface area contributed by atoms with E-state index in [2.05, 4.69) is 21.6 Å². The molecule has 2 aliphatic rings. The van der Waals surface area contributed by atoms with Crippen LogP contribution >= 0.6 is 46.3 Å². The summed E-state index contributed by atoms with van der Waals surface area (Å²) in [5.41, 5.74) is 9.14. The normalized spacial score (nSPS) is 16.7. The van der Waals surface area contributed by atoms with E-state index in [1.807, 2.05) is 0 Å². The number of halogens is 2. The molecule has 1 aliphatic carbocycles. The Kier molecular flexibility index (Phi) is 8.93. The van der Waals surface area contributed by atoms with Gasteiger partial charge in [0.05, 0.1) is 53.3 Å². The molecular formula is C28H24Cl2N6O4S2. The number of Topliss-reactive ketones (excluding diaryl/α,β-unsaturated/α-hetero) is 1. The first-order chi connectivity index (χ1) is 20.2. The number of nitriles is 1. The first-order valence-electron chi connectivity index (χ1n) is 12.6. The van der Waals surface area contributed by atoms with Crippen molar-refractivity contribution in [1.82, 2.24) is 10.2 Å². The van der Waals surface area contributed by atoms with E-state index in [-0.39, 0.29) is 28.8 Å².